The van der Waals surface area contributed by atoms with Crippen LogP contribution in [0.25, 0.3) is 0 Å². The van der Waals surface area contributed by atoms with Gasteiger partial charge in [0.1, 0.15) is 5.75 Å². The van der Waals surface area contributed by atoms with Crippen molar-refractivity contribution in [2.45, 2.75) is 35.3 Å². The first kappa shape index (κ1) is 25.0. The van der Waals surface area contributed by atoms with Crippen molar-refractivity contribution in [2.75, 3.05) is 16.6 Å². The molecule has 0 unspecified atom stereocenters. The van der Waals surface area contributed by atoms with Crippen molar-refractivity contribution in [1.29, 1.82) is 0 Å². The normalized spacial score (nSPS) is 12.1. The Labute approximate surface area is 203 Å². The van der Waals surface area contributed by atoms with Gasteiger partial charge < -0.3 is 10.1 Å². The van der Waals surface area contributed by atoms with Gasteiger partial charge in [0.2, 0.25) is 5.91 Å². The number of benzene rings is 3. The zero-order valence-electron chi connectivity index (χ0n) is 18.2. The van der Waals surface area contributed by atoms with E-state index in [1.807, 2.05) is 26.0 Å². The number of ether oxygens (including phenoxy) is 1. The Morgan fingerprint density at radius 1 is 0.939 bits per heavy atom. The van der Waals surface area contributed by atoms with Crippen LogP contribution < -0.4 is 14.8 Å². The Kier molecular flexibility index (Phi) is 8.66. The lowest BCUT2D eigenvalue weighted by molar-refractivity contribution is -0.115. The van der Waals surface area contributed by atoms with E-state index in [2.05, 4.69) is 10.0 Å². The molecule has 0 aliphatic heterocycles. The summed E-state index contributed by atoms with van der Waals surface area (Å²) in [5, 5.41) is 3.20. The first-order chi connectivity index (χ1) is 15.8. The fraction of sp³-hybridized carbons (Fsp3) is 0.208. The minimum atomic E-state index is -3.77. The lowest BCUT2D eigenvalue weighted by atomic mass is 10.3. The van der Waals surface area contributed by atoms with Crippen LogP contribution in [0.4, 0.5) is 11.4 Å². The molecule has 174 valence electrons. The number of amides is 1. The third-order valence-electron chi connectivity index (χ3n) is 4.60. The van der Waals surface area contributed by atoms with Crippen LogP contribution in [-0.4, -0.2) is 26.2 Å². The number of thioether (sulfide) groups is 1. The summed E-state index contributed by atoms with van der Waals surface area (Å²) in [5.41, 5.74) is 0.955. The van der Waals surface area contributed by atoms with Gasteiger partial charge in [0.05, 0.1) is 16.8 Å². The molecule has 0 fully saturated rings. The molecule has 0 aliphatic rings. The fourth-order valence-electron chi connectivity index (χ4n) is 2.94. The van der Waals surface area contributed by atoms with Gasteiger partial charge in [0.25, 0.3) is 10.0 Å². The van der Waals surface area contributed by atoms with Crippen molar-refractivity contribution >= 4 is 50.7 Å². The highest BCUT2D eigenvalue weighted by molar-refractivity contribution is 8.00. The summed E-state index contributed by atoms with van der Waals surface area (Å²) in [4.78, 5) is 13.8. The molecular weight excluding hydrogens is 480 g/mol. The molecule has 1 atom stereocenters. The number of hydrogen-bond acceptors (Lipinski definition) is 5. The number of anilines is 2. The third-order valence-corrected chi connectivity index (χ3v) is 7.63. The molecule has 0 spiro atoms. The molecule has 0 aliphatic carbocycles. The highest BCUT2D eigenvalue weighted by Crippen LogP contribution is 2.28. The van der Waals surface area contributed by atoms with Crippen LogP contribution in [0.2, 0.25) is 5.02 Å². The topological polar surface area (TPSA) is 84.5 Å². The van der Waals surface area contributed by atoms with Crippen LogP contribution in [0.15, 0.2) is 82.6 Å². The standard InChI is InChI=1S/C24H25ClN2O4S2/c1-3-23(32-21-13-5-17(25)6-14-21)24(28)26-18-9-15-22(16-10-18)33(29,30)27-19-7-11-20(12-8-19)31-4-2/h5-16,23,27H,3-4H2,1-2H3,(H,26,28)/t23-/m1/s1. The Morgan fingerprint density at radius 2 is 1.55 bits per heavy atom. The molecule has 3 aromatic carbocycles. The Morgan fingerprint density at radius 3 is 2.12 bits per heavy atom. The Bertz CT molecular complexity index is 1170. The van der Waals surface area contributed by atoms with Gasteiger partial charge in [-0.1, -0.05) is 18.5 Å². The van der Waals surface area contributed by atoms with Crippen molar-refractivity contribution in [1.82, 2.24) is 0 Å². The summed E-state index contributed by atoms with van der Waals surface area (Å²) in [7, 11) is -3.77. The van der Waals surface area contributed by atoms with Crippen molar-refractivity contribution in [3.63, 3.8) is 0 Å². The van der Waals surface area contributed by atoms with E-state index in [4.69, 9.17) is 16.3 Å². The summed E-state index contributed by atoms with van der Waals surface area (Å²) in [6.45, 7) is 4.35. The maximum atomic E-state index is 12.7. The van der Waals surface area contributed by atoms with Gasteiger partial charge in [0.15, 0.2) is 0 Å². The summed E-state index contributed by atoms with van der Waals surface area (Å²) in [6.07, 6.45) is 0.637. The molecule has 6 nitrogen and oxygen atoms in total. The molecule has 0 bridgehead atoms. The first-order valence-electron chi connectivity index (χ1n) is 10.4. The number of sulfonamides is 1. The van der Waals surface area contributed by atoms with E-state index in [0.29, 0.717) is 35.2 Å². The Hall–Kier alpha value is -2.68. The fourth-order valence-corrected chi connectivity index (χ4v) is 5.08. The second-order valence-electron chi connectivity index (χ2n) is 7.05. The molecule has 0 radical (unpaired) electrons. The molecule has 33 heavy (non-hydrogen) atoms. The van der Waals surface area contributed by atoms with E-state index in [0.717, 1.165) is 4.90 Å². The summed E-state index contributed by atoms with van der Waals surface area (Å²) < 4.78 is 33.3. The van der Waals surface area contributed by atoms with Gasteiger partial charge in [-0.15, -0.1) is 11.8 Å². The van der Waals surface area contributed by atoms with E-state index in [1.54, 1.807) is 48.5 Å². The lowest BCUT2D eigenvalue weighted by Gasteiger charge is -2.15. The van der Waals surface area contributed by atoms with Gasteiger partial charge in [-0.25, -0.2) is 8.42 Å². The molecule has 0 aromatic heterocycles. The van der Waals surface area contributed by atoms with Crippen LogP contribution in [0.1, 0.15) is 20.3 Å². The first-order valence-corrected chi connectivity index (χ1v) is 13.1. The van der Waals surface area contributed by atoms with E-state index in [9.17, 15) is 13.2 Å². The van der Waals surface area contributed by atoms with Gasteiger partial charge in [-0.05, 0) is 86.1 Å². The zero-order chi connectivity index (χ0) is 23.8. The van der Waals surface area contributed by atoms with Crippen LogP contribution in [-0.2, 0) is 14.8 Å². The minimum absolute atomic E-state index is 0.0944. The smallest absolute Gasteiger partial charge is 0.261 e. The van der Waals surface area contributed by atoms with Crippen LogP contribution in [0, 0.1) is 0 Å². The number of halogens is 1. The monoisotopic (exact) mass is 504 g/mol. The SMILES string of the molecule is CCOc1ccc(NS(=O)(=O)c2ccc(NC(=O)[C@@H](CC)Sc3ccc(Cl)cc3)cc2)cc1. The van der Waals surface area contributed by atoms with Gasteiger partial charge >= 0.3 is 0 Å². The Balaban J connectivity index is 1.63. The summed E-state index contributed by atoms with van der Waals surface area (Å²) >= 11 is 7.37. The highest BCUT2D eigenvalue weighted by atomic mass is 35.5. The van der Waals surface area contributed by atoms with E-state index < -0.39 is 10.0 Å². The van der Waals surface area contributed by atoms with Crippen LogP contribution in [0.3, 0.4) is 0 Å². The predicted octanol–water partition coefficient (Wildman–Crippen LogP) is 6.05. The van der Waals surface area contributed by atoms with Gasteiger partial charge in [-0.3, -0.25) is 9.52 Å². The van der Waals surface area contributed by atoms with Crippen molar-refractivity contribution in [3.05, 3.63) is 77.8 Å². The number of nitrogens with one attached hydrogen (secondary N) is 2. The average Bonchev–Trinajstić information content (AvgIpc) is 2.80. The number of carbonyl (C=O) groups is 1. The number of carbonyl (C=O) groups excluding carboxylic acids is 1. The lowest BCUT2D eigenvalue weighted by Crippen LogP contribution is -2.24. The van der Waals surface area contributed by atoms with E-state index in [-0.39, 0.29) is 16.1 Å². The molecule has 0 heterocycles. The molecule has 3 rings (SSSR count). The van der Waals surface area contributed by atoms with Gasteiger partial charge in [-0.2, -0.15) is 0 Å². The molecule has 9 heteroatoms. The maximum Gasteiger partial charge on any atom is 0.261 e. The van der Waals surface area contributed by atoms with Crippen LogP contribution >= 0.6 is 23.4 Å². The molecule has 0 saturated heterocycles. The van der Waals surface area contributed by atoms with Crippen molar-refractivity contribution in [3.8, 4) is 5.75 Å². The molecule has 1 amide bonds. The summed E-state index contributed by atoms with van der Waals surface area (Å²) in [5.74, 6) is 0.515. The third kappa shape index (κ3) is 7.15. The van der Waals surface area contributed by atoms with E-state index in [1.165, 1.54) is 23.9 Å². The minimum Gasteiger partial charge on any atom is -0.494 e. The largest absolute Gasteiger partial charge is 0.494 e. The second-order valence-corrected chi connectivity index (χ2v) is 10.4. The number of hydrogen-bond donors (Lipinski definition) is 2. The predicted molar refractivity (Wildman–Crippen MR) is 135 cm³/mol. The maximum absolute atomic E-state index is 12.7. The summed E-state index contributed by atoms with van der Waals surface area (Å²) in [6, 6.07) is 20.1. The second kappa shape index (κ2) is 11.4. The highest BCUT2D eigenvalue weighted by Gasteiger charge is 2.19. The quantitative estimate of drug-likeness (QED) is 0.328. The zero-order valence-corrected chi connectivity index (χ0v) is 20.6. The molecule has 3 aromatic rings. The number of rotatable bonds is 10. The van der Waals surface area contributed by atoms with Crippen molar-refractivity contribution < 1.29 is 17.9 Å². The van der Waals surface area contributed by atoms with Gasteiger partial charge in [0, 0.05) is 21.3 Å². The molecular formula is C24H25ClN2O4S2. The molecule has 0 saturated carbocycles. The average molecular weight is 505 g/mol. The van der Waals surface area contributed by atoms with E-state index >= 15 is 0 Å². The molecule has 2 N–H and O–H groups in total. The van der Waals surface area contributed by atoms with Crippen LogP contribution in [0.5, 0.6) is 5.75 Å². The van der Waals surface area contributed by atoms with Crippen molar-refractivity contribution in [2.24, 2.45) is 0 Å².